The molecule has 17 heavy (non-hydrogen) atoms. The van der Waals surface area contributed by atoms with E-state index < -0.39 is 30.6 Å². The highest BCUT2D eigenvalue weighted by Gasteiger charge is 2.52. The van der Waals surface area contributed by atoms with Crippen molar-refractivity contribution in [2.75, 3.05) is 0 Å². The Morgan fingerprint density at radius 3 is 2.53 bits per heavy atom. The van der Waals surface area contributed by atoms with Gasteiger partial charge in [-0.3, -0.25) is 10.1 Å². The maximum Gasteiger partial charge on any atom is 0.451 e. The zero-order chi connectivity index (χ0) is 13.2. The van der Waals surface area contributed by atoms with E-state index >= 15 is 0 Å². The average Bonchev–Trinajstić information content (AvgIpc) is 2.43. The Balaban J connectivity index is 2.70. The number of rotatable bonds is 5. The zero-order valence-electron chi connectivity index (χ0n) is 10.1. The van der Waals surface area contributed by atoms with E-state index in [0.29, 0.717) is 12.8 Å². The Bertz CT molecular complexity index is 288. The van der Waals surface area contributed by atoms with Crippen LogP contribution in [0.2, 0.25) is 6.32 Å². The average molecular weight is 245 g/mol. The predicted octanol–water partition coefficient (Wildman–Crippen LogP) is -0.948. The van der Waals surface area contributed by atoms with Crippen LogP contribution in [-0.4, -0.2) is 51.5 Å². The summed E-state index contributed by atoms with van der Waals surface area (Å²) in [5.74, 6) is -0.986. The number of hydrogen-bond donors (Lipinski definition) is 5. The van der Waals surface area contributed by atoms with Crippen molar-refractivity contribution in [3.63, 3.8) is 0 Å². The van der Waals surface area contributed by atoms with E-state index in [-0.39, 0.29) is 12.4 Å². The summed E-state index contributed by atoms with van der Waals surface area (Å²) in [5, 5.41) is 39.6. The second-order valence-electron chi connectivity index (χ2n) is 5.05. The third-order valence-electron chi connectivity index (χ3n) is 3.66. The highest BCUT2D eigenvalue weighted by atomic mass is 16.4. The largest absolute Gasteiger partial charge is 0.480 e. The van der Waals surface area contributed by atoms with E-state index in [9.17, 15) is 9.90 Å². The third kappa shape index (κ3) is 2.98. The fourth-order valence-corrected chi connectivity index (χ4v) is 2.60. The van der Waals surface area contributed by atoms with Crippen LogP contribution in [0.5, 0.6) is 0 Å². The molecule has 4 unspecified atom stereocenters. The van der Waals surface area contributed by atoms with Gasteiger partial charge in [-0.1, -0.05) is 13.3 Å². The number of aliphatic hydroxyl groups excluding tert-OH is 1. The zero-order valence-corrected chi connectivity index (χ0v) is 10.1. The van der Waals surface area contributed by atoms with Crippen molar-refractivity contribution in [3.05, 3.63) is 0 Å². The van der Waals surface area contributed by atoms with E-state index in [1.54, 1.807) is 13.8 Å². The second kappa shape index (κ2) is 5.35. The van der Waals surface area contributed by atoms with Gasteiger partial charge in [0.25, 0.3) is 0 Å². The maximum atomic E-state index is 11.1. The summed E-state index contributed by atoms with van der Waals surface area (Å²) in [6, 6.07) is -1.08. The first-order valence-electron chi connectivity index (χ1n) is 5.82. The molecule has 1 aliphatic rings. The molecular weight excluding hydrogens is 225 g/mol. The first-order chi connectivity index (χ1) is 7.79. The fourth-order valence-electron chi connectivity index (χ4n) is 2.60. The van der Waals surface area contributed by atoms with Crippen LogP contribution < -0.4 is 5.32 Å². The van der Waals surface area contributed by atoms with Crippen molar-refractivity contribution < 1.29 is 25.1 Å². The van der Waals surface area contributed by atoms with Crippen LogP contribution in [-0.2, 0) is 4.79 Å². The molecule has 0 amide bonds. The smallest absolute Gasteiger partial charge is 0.451 e. The third-order valence-corrected chi connectivity index (χ3v) is 3.66. The van der Waals surface area contributed by atoms with Gasteiger partial charge in [0, 0.05) is 11.5 Å². The van der Waals surface area contributed by atoms with Gasteiger partial charge in [0.1, 0.15) is 6.04 Å². The lowest BCUT2D eigenvalue weighted by atomic mass is 9.72. The molecule has 0 aliphatic carbocycles. The van der Waals surface area contributed by atoms with Gasteiger partial charge in [-0.15, -0.1) is 0 Å². The summed E-state index contributed by atoms with van der Waals surface area (Å²) in [4.78, 5) is 11.1. The van der Waals surface area contributed by atoms with Crippen molar-refractivity contribution in [1.82, 2.24) is 5.32 Å². The standard InChI is InChI=1S/C10H20BNO5/c1-6-8(13)10(2,4-3-5-11(16)17)7(12-6)9(14)15/h6-8,12-13,16-17H,3-5H2,1-2H3,(H,14,15). The van der Waals surface area contributed by atoms with Crippen molar-refractivity contribution >= 4 is 13.1 Å². The maximum absolute atomic E-state index is 11.1. The highest BCUT2D eigenvalue weighted by Crippen LogP contribution is 2.39. The monoisotopic (exact) mass is 245 g/mol. The molecule has 1 saturated heterocycles. The molecule has 5 N–H and O–H groups in total. The van der Waals surface area contributed by atoms with Gasteiger partial charge in [-0.25, -0.2) is 0 Å². The summed E-state index contributed by atoms with van der Waals surface area (Å²) in [6.07, 6.45) is 0.325. The minimum absolute atomic E-state index is 0.184. The van der Waals surface area contributed by atoms with Crippen LogP contribution in [0, 0.1) is 5.41 Å². The Morgan fingerprint density at radius 1 is 1.47 bits per heavy atom. The predicted molar refractivity (Wildman–Crippen MR) is 62.4 cm³/mol. The molecular formula is C10H20BNO5. The van der Waals surface area contributed by atoms with Crippen molar-refractivity contribution in [3.8, 4) is 0 Å². The molecule has 0 spiro atoms. The molecule has 0 saturated carbocycles. The SMILES string of the molecule is CC1NC(C(=O)O)C(C)(CCCB(O)O)C1O. The highest BCUT2D eigenvalue weighted by molar-refractivity contribution is 6.40. The van der Waals surface area contributed by atoms with Crippen LogP contribution in [0.3, 0.4) is 0 Å². The molecule has 1 aliphatic heterocycles. The molecule has 98 valence electrons. The summed E-state index contributed by atoms with van der Waals surface area (Å²) in [5.41, 5.74) is -0.778. The number of carboxylic acid groups (broad SMARTS) is 1. The van der Waals surface area contributed by atoms with Crippen LogP contribution >= 0.6 is 0 Å². The van der Waals surface area contributed by atoms with Gasteiger partial charge in [0.2, 0.25) is 0 Å². The number of aliphatic carboxylic acids is 1. The van der Waals surface area contributed by atoms with E-state index in [1.165, 1.54) is 0 Å². The van der Waals surface area contributed by atoms with Crippen LogP contribution in [0.15, 0.2) is 0 Å². The molecule has 7 heteroatoms. The van der Waals surface area contributed by atoms with Gasteiger partial charge in [0.05, 0.1) is 6.10 Å². The number of carboxylic acids is 1. The molecule has 0 aromatic rings. The van der Waals surface area contributed by atoms with Crippen LogP contribution in [0.4, 0.5) is 0 Å². The van der Waals surface area contributed by atoms with E-state index in [0.717, 1.165) is 0 Å². The lowest BCUT2D eigenvalue weighted by Gasteiger charge is -2.31. The first-order valence-corrected chi connectivity index (χ1v) is 5.82. The van der Waals surface area contributed by atoms with Gasteiger partial charge in [0.15, 0.2) is 0 Å². The molecule has 1 rings (SSSR count). The second-order valence-corrected chi connectivity index (χ2v) is 5.05. The topological polar surface area (TPSA) is 110 Å². The Hall–Kier alpha value is -0.625. The Labute approximate surface area is 101 Å². The molecule has 0 bridgehead atoms. The normalized spacial score (nSPS) is 37.1. The number of aliphatic hydroxyl groups is 1. The molecule has 4 atom stereocenters. The quantitative estimate of drug-likeness (QED) is 0.399. The van der Waals surface area contributed by atoms with Crippen LogP contribution in [0.1, 0.15) is 26.7 Å². The molecule has 0 radical (unpaired) electrons. The summed E-state index contributed by atoms with van der Waals surface area (Å²) >= 11 is 0. The molecule has 1 fully saturated rings. The van der Waals surface area contributed by atoms with Gasteiger partial charge in [-0.05, 0) is 19.7 Å². The Kier molecular flexibility index (Phi) is 4.54. The molecule has 0 aromatic carbocycles. The number of carbonyl (C=O) groups is 1. The summed E-state index contributed by atoms with van der Waals surface area (Å²) in [6.45, 7) is 3.46. The van der Waals surface area contributed by atoms with E-state index in [2.05, 4.69) is 5.32 Å². The molecule has 0 aromatic heterocycles. The minimum Gasteiger partial charge on any atom is -0.480 e. The van der Waals surface area contributed by atoms with Crippen LogP contribution in [0.25, 0.3) is 0 Å². The lowest BCUT2D eigenvalue weighted by molar-refractivity contribution is -0.143. The van der Waals surface area contributed by atoms with E-state index in [1.807, 2.05) is 0 Å². The molecule has 1 heterocycles. The lowest BCUT2D eigenvalue weighted by Crippen LogP contribution is -2.44. The number of hydrogen-bond acceptors (Lipinski definition) is 5. The van der Waals surface area contributed by atoms with Crippen molar-refractivity contribution in [2.24, 2.45) is 5.41 Å². The molecule has 6 nitrogen and oxygen atoms in total. The first kappa shape index (κ1) is 14.4. The van der Waals surface area contributed by atoms with Gasteiger partial charge in [-0.2, -0.15) is 0 Å². The van der Waals surface area contributed by atoms with Gasteiger partial charge < -0.3 is 20.3 Å². The van der Waals surface area contributed by atoms with Crippen molar-refractivity contribution in [1.29, 1.82) is 0 Å². The van der Waals surface area contributed by atoms with Gasteiger partial charge >= 0.3 is 13.1 Å². The fraction of sp³-hybridized carbons (Fsp3) is 0.900. The summed E-state index contributed by atoms with van der Waals surface area (Å²) < 4.78 is 0. The number of nitrogens with one attached hydrogen (secondary N) is 1. The van der Waals surface area contributed by atoms with Crippen molar-refractivity contribution in [2.45, 2.75) is 51.2 Å². The Morgan fingerprint density at radius 2 is 2.06 bits per heavy atom. The summed E-state index contributed by atoms with van der Waals surface area (Å²) in [7, 11) is -1.38. The minimum atomic E-state index is -1.38. The van der Waals surface area contributed by atoms with E-state index in [4.69, 9.17) is 15.2 Å².